The predicted octanol–water partition coefficient (Wildman–Crippen LogP) is 0.896. The van der Waals surface area contributed by atoms with Crippen molar-refractivity contribution in [1.29, 1.82) is 0 Å². The Morgan fingerprint density at radius 1 is 1.38 bits per heavy atom. The number of rotatable bonds is 3. The SMILES string of the molecule is CC(=O)OC[C@H]1Cc2ccccc2[C@H](n2cc(C)c(=O)[nH]c2=O)O1. The van der Waals surface area contributed by atoms with E-state index >= 15 is 0 Å². The van der Waals surface area contributed by atoms with Crippen LogP contribution < -0.4 is 11.2 Å². The van der Waals surface area contributed by atoms with Gasteiger partial charge < -0.3 is 9.47 Å². The van der Waals surface area contributed by atoms with Crippen molar-refractivity contribution in [3.8, 4) is 0 Å². The molecule has 1 aromatic carbocycles. The van der Waals surface area contributed by atoms with E-state index in [0.717, 1.165) is 11.1 Å². The second-order valence-electron chi connectivity index (χ2n) is 5.79. The van der Waals surface area contributed by atoms with E-state index in [4.69, 9.17) is 9.47 Å². The number of aryl methyl sites for hydroxylation is 1. The van der Waals surface area contributed by atoms with Crippen molar-refractivity contribution in [1.82, 2.24) is 9.55 Å². The van der Waals surface area contributed by atoms with E-state index in [-0.39, 0.29) is 18.7 Å². The van der Waals surface area contributed by atoms with E-state index in [1.807, 2.05) is 24.3 Å². The van der Waals surface area contributed by atoms with Crippen molar-refractivity contribution < 1.29 is 14.3 Å². The number of ether oxygens (including phenoxy) is 2. The van der Waals surface area contributed by atoms with Gasteiger partial charge in [0.25, 0.3) is 5.56 Å². The minimum absolute atomic E-state index is 0.108. The third-order valence-electron chi connectivity index (χ3n) is 3.96. The van der Waals surface area contributed by atoms with Crippen LogP contribution in [0, 0.1) is 6.92 Å². The molecule has 3 rings (SSSR count). The summed E-state index contributed by atoms with van der Waals surface area (Å²) in [5.74, 6) is -0.383. The van der Waals surface area contributed by atoms with Crippen LogP contribution in [0.15, 0.2) is 40.1 Å². The summed E-state index contributed by atoms with van der Waals surface area (Å²) in [6.45, 7) is 3.07. The highest BCUT2D eigenvalue weighted by Crippen LogP contribution is 2.30. The number of carbonyl (C=O) groups excluding carboxylic acids is 1. The summed E-state index contributed by atoms with van der Waals surface area (Å²) in [5.41, 5.74) is 1.32. The van der Waals surface area contributed by atoms with Crippen molar-refractivity contribution in [3.63, 3.8) is 0 Å². The maximum Gasteiger partial charge on any atom is 0.330 e. The molecule has 7 nitrogen and oxygen atoms in total. The van der Waals surface area contributed by atoms with Gasteiger partial charge in [0.2, 0.25) is 0 Å². The lowest BCUT2D eigenvalue weighted by molar-refractivity contribution is -0.148. The number of nitrogens with zero attached hydrogens (tertiary/aromatic N) is 1. The van der Waals surface area contributed by atoms with Gasteiger partial charge in [0.15, 0.2) is 6.23 Å². The molecular formula is C17H18N2O5. The van der Waals surface area contributed by atoms with Crippen LogP contribution in [0.1, 0.15) is 29.8 Å². The molecule has 0 amide bonds. The number of carbonyl (C=O) groups is 1. The van der Waals surface area contributed by atoms with Gasteiger partial charge in [-0.15, -0.1) is 0 Å². The van der Waals surface area contributed by atoms with Gasteiger partial charge in [-0.1, -0.05) is 24.3 Å². The van der Waals surface area contributed by atoms with Gasteiger partial charge in [-0.05, 0) is 12.5 Å². The van der Waals surface area contributed by atoms with Crippen LogP contribution in [0.25, 0.3) is 0 Å². The maximum atomic E-state index is 12.2. The number of benzene rings is 1. The monoisotopic (exact) mass is 330 g/mol. The Morgan fingerprint density at radius 2 is 2.12 bits per heavy atom. The average molecular weight is 330 g/mol. The number of H-pyrrole nitrogens is 1. The van der Waals surface area contributed by atoms with Crippen LogP contribution in [0.2, 0.25) is 0 Å². The number of aromatic nitrogens is 2. The molecule has 24 heavy (non-hydrogen) atoms. The predicted molar refractivity (Wildman–Crippen MR) is 85.9 cm³/mol. The van der Waals surface area contributed by atoms with Crippen LogP contribution in [0.4, 0.5) is 0 Å². The Balaban J connectivity index is 2.02. The van der Waals surface area contributed by atoms with Gasteiger partial charge in [0, 0.05) is 30.7 Å². The summed E-state index contributed by atoms with van der Waals surface area (Å²) in [4.78, 5) is 37.1. The second kappa shape index (κ2) is 6.45. The smallest absolute Gasteiger partial charge is 0.330 e. The standard InChI is InChI=1S/C17H18N2O5/c1-10-8-19(17(22)18-15(10)21)16-14-6-4-3-5-12(14)7-13(24-16)9-23-11(2)20/h3-6,8,13,16H,7,9H2,1-2H3,(H,18,21,22)/t13-,16-/m1/s1. The minimum atomic E-state index is -0.682. The van der Waals surface area contributed by atoms with Crippen molar-refractivity contribution >= 4 is 5.97 Å². The molecule has 1 aromatic heterocycles. The second-order valence-corrected chi connectivity index (χ2v) is 5.79. The van der Waals surface area contributed by atoms with Crippen LogP contribution >= 0.6 is 0 Å². The van der Waals surface area contributed by atoms with E-state index in [1.54, 1.807) is 6.92 Å². The zero-order chi connectivity index (χ0) is 17.3. The molecule has 1 aliphatic rings. The average Bonchev–Trinajstić information content (AvgIpc) is 2.55. The Kier molecular flexibility index (Phi) is 4.35. The third kappa shape index (κ3) is 3.16. The lowest BCUT2D eigenvalue weighted by Gasteiger charge is -2.32. The first-order valence-corrected chi connectivity index (χ1v) is 7.64. The highest BCUT2D eigenvalue weighted by atomic mass is 16.6. The molecule has 0 bridgehead atoms. The van der Waals surface area contributed by atoms with Gasteiger partial charge >= 0.3 is 11.7 Å². The van der Waals surface area contributed by atoms with Gasteiger partial charge in [0.1, 0.15) is 6.61 Å². The quantitative estimate of drug-likeness (QED) is 0.844. The lowest BCUT2D eigenvalue weighted by Crippen LogP contribution is -2.40. The fourth-order valence-corrected chi connectivity index (χ4v) is 2.79. The molecule has 2 atom stereocenters. The van der Waals surface area contributed by atoms with Crippen LogP contribution in [-0.4, -0.2) is 28.2 Å². The largest absolute Gasteiger partial charge is 0.463 e. The van der Waals surface area contributed by atoms with E-state index < -0.39 is 17.5 Å². The minimum Gasteiger partial charge on any atom is -0.463 e. The number of esters is 1. The molecular weight excluding hydrogens is 312 g/mol. The molecule has 0 spiro atoms. The summed E-state index contributed by atoms with van der Waals surface area (Å²) in [6, 6.07) is 7.61. The summed E-state index contributed by atoms with van der Waals surface area (Å²) < 4.78 is 12.4. The zero-order valence-corrected chi connectivity index (χ0v) is 13.4. The molecule has 2 heterocycles. The number of fused-ring (bicyclic) bond motifs is 1. The van der Waals surface area contributed by atoms with Crippen molar-refractivity contribution in [2.24, 2.45) is 0 Å². The molecule has 0 unspecified atom stereocenters. The summed E-state index contributed by atoms with van der Waals surface area (Å²) >= 11 is 0. The Morgan fingerprint density at radius 3 is 2.88 bits per heavy atom. The summed E-state index contributed by atoms with van der Waals surface area (Å²) in [6.07, 6.45) is 1.01. The highest BCUT2D eigenvalue weighted by Gasteiger charge is 2.30. The van der Waals surface area contributed by atoms with E-state index in [0.29, 0.717) is 12.0 Å². The molecule has 1 aliphatic heterocycles. The summed E-state index contributed by atoms with van der Waals surface area (Å²) in [5, 5.41) is 0. The van der Waals surface area contributed by atoms with Crippen LogP contribution in [0.3, 0.4) is 0 Å². The van der Waals surface area contributed by atoms with Gasteiger partial charge in [0.05, 0.1) is 6.10 Å². The number of aromatic amines is 1. The molecule has 0 saturated carbocycles. The molecule has 0 radical (unpaired) electrons. The fraction of sp³-hybridized carbons (Fsp3) is 0.353. The zero-order valence-electron chi connectivity index (χ0n) is 13.4. The Bertz CT molecular complexity index is 883. The molecule has 2 aromatic rings. The first kappa shape index (κ1) is 16.2. The topological polar surface area (TPSA) is 90.4 Å². The Hall–Kier alpha value is -2.67. The first-order chi connectivity index (χ1) is 11.5. The Labute approximate surface area is 137 Å². The summed E-state index contributed by atoms with van der Waals surface area (Å²) in [7, 11) is 0. The molecule has 1 N–H and O–H groups in total. The molecule has 0 saturated heterocycles. The van der Waals surface area contributed by atoms with Crippen molar-refractivity contribution in [2.75, 3.05) is 6.61 Å². The van der Waals surface area contributed by atoms with Gasteiger partial charge in [-0.3, -0.25) is 19.1 Å². The van der Waals surface area contributed by atoms with E-state index in [9.17, 15) is 14.4 Å². The number of nitrogens with one attached hydrogen (secondary N) is 1. The highest BCUT2D eigenvalue weighted by molar-refractivity contribution is 5.65. The maximum absolute atomic E-state index is 12.2. The number of hydrogen-bond acceptors (Lipinski definition) is 5. The van der Waals surface area contributed by atoms with E-state index in [1.165, 1.54) is 17.7 Å². The fourth-order valence-electron chi connectivity index (χ4n) is 2.79. The van der Waals surface area contributed by atoms with Crippen molar-refractivity contribution in [3.05, 3.63) is 68.0 Å². The van der Waals surface area contributed by atoms with Gasteiger partial charge in [-0.2, -0.15) is 0 Å². The van der Waals surface area contributed by atoms with Crippen molar-refractivity contribution in [2.45, 2.75) is 32.6 Å². The number of hydrogen-bond donors (Lipinski definition) is 1. The normalized spacial score (nSPS) is 19.6. The van der Waals surface area contributed by atoms with Crippen LogP contribution in [-0.2, 0) is 20.7 Å². The molecule has 126 valence electrons. The lowest BCUT2D eigenvalue weighted by atomic mass is 9.97. The molecule has 7 heteroatoms. The molecule has 0 fully saturated rings. The van der Waals surface area contributed by atoms with Crippen LogP contribution in [0.5, 0.6) is 0 Å². The third-order valence-corrected chi connectivity index (χ3v) is 3.96. The van der Waals surface area contributed by atoms with E-state index in [2.05, 4.69) is 4.98 Å². The van der Waals surface area contributed by atoms with Gasteiger partial charge in [-0.25, -0.2) is 4.79 Å². The first-order valence-electron chi connectivity index (χ1n) is 7.64. The molecule has 0 aliphatic carbocycles.